The number of nitrogens with zero attached hydrogens (tertiary/aromatic N) is 3. The maximum absolute atomic E-state index is 12.4. The van der Waals surface area contributed by atoms with E-state index in [9.17, 15) is 8.42 Å². The van der Waals surface area contributed by atoms with E-state index in [0.29, 0.717) is 0 Å². The van der Waals surface area contributed by atoms with Crippen molar-refractivity contribution in [3.8, 4) is 5.75 Å². The lowest BCUT2D eigenvalue weighted by Crippen LogP contribution is -2.46. The van der Waals surface area contributed by atoms with E-state index in [1.807, 2.05) is 24.3 Å². The van der Waals surface area contributed by atoms with E-state index in [4.69, 9.17) is 9.72 Å². The van der Waals surface area contributed by atoms with Crippen molar-refractivity contribution < 1.29 is 13.2 Å². The molecule has 0 amide bonds. The Kier molecular flexibility index (Phi) is 4.52. The lowest BCUT2D eigenvalue weighted by Gasteiger charge is -2.36. The van der Waals surface area contributed by atoms with Crippen molar-refractivity contribution in [2.45, 2.75) is 37.0 Å². The third-order valence-electron chi connectivity index (χ3n) is 5.53. The number of fused-ring (bicyclic) bond motifs is 1. The monoisotopic (exact) mass is 375 g/mol. The first-order valence-electron chi connectivity index (χ1n) is 9.15. The number of piperidine rings is 1. The van der Waals surface area contributed by atoms with Crippen molar-refractivity contribution >= 4 is 26.7 Å². The van der Waals surface area contributed by atoms with Crippen molar-refractivity contribution in [2.24, 2.45) is 0 Å². The Morgan fingerprint density at radius 3 is 2.50 bits per heavy atom. The average molecular weight is 375 g/mol. The van der Waals surface area contributed by atoms with Gasteiger partial charge in [-0.25, -0.2) is 17.7 Å². The molecule has 1 saturated carbocycles. The van der Waals surface area contributed by atoms with Crippen LogP contribution in [0.2, 0.25) is 0 Å². The number of benzene rings is 1. The highest BCUT2D eigenvalue weighted by molar-refractivity contribution is 7.90. The fourth-order valence-corrected chi connectivity index (χ4v) is 5.49. The summed E-state index contributed by atoms with van der Waals surface area (Å²) in [4.78, 5) is 7.02. The summed E-state index contributed by atoms with van der Waals surface area (Å²) in [6.07, 6.45) is 3.31. The Labute approximate surface area is 154 Å². The number of anilines is 1. The van der Waals surface area contributed by atoms with Crippen LogP contribution in [0.1, 0.15) is 25.7 Å². The predicted molar refractivity (Wildman–Crippen MR) is 103 cm³/mol. The third kappa shape index (κ3) is 3.25. The van der Waals surface area contributed by atoms with Crippen molar-refractivity contribution in [2.75, 3.05) is 32.1 Å². The van der Waals surface area contributed by atoms with Crippen LogP contribution in [0.5, 0.6) is 5.75 Å². The molecule has 1 aliphatic carbocycles. The number of hydrogen-bond acceptors (Lipinski definition) is 5. The van der Waals surface area contributed by atoms with Gasteiger partial charge in [-0.2, -0.15) is 0 Å². The Morgan fingerprint density at radius 2 is 1.85 bits per heavy atom. The lowest BCUT2D eigenvalue weighted by atomic mass is 10.1. The van der Waals surface area contributed by atoms with Crippen LogP contribution in [0.3, 0.4) is 0 Å². The molecule has 26 heavy (non-hydrogen) atoms. The van der Waals surface area contributed by atoms with Crippen LogP contribution in [-0.2, 0) is 10.0 Å². The molecule has 2 aromatic rings. The van der Waals surface area contributed by atoms with Gasteiger partial charge in [0.2, 0.25) is 10.0 Å². The van der Waals surface area contributed by atoms with Gasteiger partial charge in [-0.15, -0.1) is 0 Å². The molecule has 1 aromatic heterocycles. The van der Waals surface area contributed by atoms with Gasteiger partial charge >= 0.3 is 0 Å². The highest BCUT2D eigenvalue weighted by Crippen LogP contribution is 2.33. The minimum atomic E-state index is -3.10. The van der Waals surface area contributed by atoms with Gasteiger partial charge in [-0.1, -0.05) is 0 Å². The van der Waals surface area contributed by atoms with Crippen LogP contribution in [0.4, 0.5) is 5.82 Å². The minimum absolute atomic E-state index is 0.0987. The maximum Gasteiger partial charge on any atom is 0.216 e. The zero-order valence-electron chi connectivity index (χ0n) is 15.3. The molecule has 0 spiro atoms. The normalized spacial score (nSPS) is 19.3. The van der Waals surface area contributed by atoms with E-state index >= 15 is 0 Å². The molecule has 1 saturated heterocycles. The fourth-order valence-electron chi connectivity index (χ4n) is 3.66. The van der Waals surface area contributed by atoms with Gasteiger partial charge in [-0.05, 0) is 56.0 Å². The number of hydrogen-bond donors (Lipinski definition) is 0. The summed E-state index contributed by atoms with van der Waals surface area (Å²) in [5.74, 6) is 1.78. The van der Waals surface area contributed by atoms with Crippen molar-refractivity contribution in [1.29, 1.82) is 0 Å². The van der Waals surface area contributed by atoms with Crippen LogP contribution in [0.25, 0.3) is 10.9 Å². The second-order valence-electron chi connectivity index (χ2n) is 7.21. The summed E-state index contributed by atoms with van der Waals surface area (Å²) in [7, 11) is 0.310. The zero-order chi connectivity index (χ0) is 18.3. The van der Waals surface area contributed by atoms with Gasteiger partial charge in [0.15, 0.2) is 0 Å². The number of pyridine rings is 1. The van der Waals surface area contributed by atoms with Gasteiger partial charge < -0.3 is 9.64 Å². The molecule has 4 rings (SSSR count). The largest absolute Gasteiger partial charge is 0.497 e. The van der Waals surface area contributed by atoms with Crippen molar-refractivity contribution in [1.82, 2.24) is 9.29 Å². The van der Waals surface area contributed by atoms with Crippen LogP contribution in [-0.4, -0.2) is 56.2 Å². The molecule has 2 aliphatic rings. The minimum Gasteiger partial charge on any atom is -0.497 e. The molecule has 7 heteroatoms. The van der Waals surface area contributed by atoms with Gasteiger partial charge in [0.1, 0.15) is 11.6 Å². The van der Waals surface area contributed by atoms with Crippen LogP contribution in [0.15, 0.2) is 30.3 Å². The number of sulfonamides is 1. The Hall–Kier alpha value is -1.86. The molecule has 2 fully saturated rings. The molecule has 0 radical (unpaired) electrons. The number of rotatable bonds is 5. The third-order valence-corrected chi connectivity index (χ3v) is 7.95. The van der Waals surface area contributed by atoms with E-state index in [0.717, 1.165) is 61.2 Å². The molecular formula is C19H25N3O3S. The molecule has 2 heterocycles. The maximum atomic E-state index is 12.4. The second kappa shape index (κ2) is 6.70. The van der Waals surface area contributed by atoms with Crippen LogP contribution >= 0.6 is 0 Å². The molecular weight excluding hydrogens is 350 g/mol. The number of methoxy groups -OCH3 is 1. The quantitative estimate of drug-likeness (QED) is 0.804. The first-order chi connectivity index (χ1) is 12.5. The van der Waals surface area contributed by atoms with Crippen LogP contribution < -0.4 is 9.64 Å². The van der Waals surface area contributed by atoms with E-state index in [-0.39, 0.29) is 11.3 Å². The molecule has 0 N–H and O–H groups in total. The highest BCUT2D eigenvalue weighted by Gasteiger charge is 2.41. The molecule has 1 aromatic carbocycles. The topological polar surface area (TPSA) is 62.7 Å². The van der Waals surface area contributed by atoms with Gasteiger partial charge in [0.25, 0.3) is 0 Å². The summed E-state index contributed by atoms with van der Waals surface area (Å²) in [5.41, 5.74) is 0.943. The molecule has 6 nitrogen and oxygen atoms in total. The van der Waals surface area contributed by atoms with Gasteiger partial charge in [-0.3, -0.25) is 0 Å². The van der Waals surface area contributed by atoms with Gasteiger partial charge in [0, 0.05) is 31.6 Å². The lowest BCUT2D eigenvalue weighted by molar-refractivity contribution is 0.311. The van der Waals surface area contributed by atoms with E-state index in [1.54, 1.807) is 18.5 Å². The fraction of sp³-hybridized carbons (Fsp3) is 0.526. The summed E-state index contributed by atoms with van der Waals surface area (Å²) in [5, 5.41) is 0.919. The smallest absolute Gasteiger partial charge is 0.216 e. The molecule has 140 valence electrons. The number of aromatic nitrogens is 1. The Balaban J connectivity index is 1.45. The van der Waals surface area contributed by atoms with Crippen LogP contribution in [0, 0.1) is 0 Å². The molecule has 1 aliphatic heterocycles. The van der Waals surface area contributed by atoms with Gasteiger partial charge in [0.05, 0.1) is 17.9 Å². The summed E-state index contributed by atoms with van der Waals surface area (Å²) < 4.78 is 31.8. The standard InChI is InChI=1S/C19H25N3O3S/c1-21(26(23,24)17-5-6-17)15-9-11-22(12-10-15)19-8-3-14-13-16(25-2)4-7-18(14)20-19/h3-4,7-8,13,15,17H,5-6,9-12H2,1-2H3. The average Bonchev–Trinajstić information content (AvgIpc) is 3.52. The van der Waals surface area contributed by atoms with E-state index < -0.39 is 10.0 Å². The first-order valence-corrected chi connectivity index (χ1v) is 10.7. The number of ether oxygens (including phenoxy) is 1. The summed E-state index contributed by atoms with van der Waals surface area (Å²) in [6.45, 7) is 1.65. The van der Waals surface area contributed by atoms with Crippen molar-refractivity contribution in [3.63, 3.8) is 0 Å². The van der Waals surface area contributed by atoms with Crippen molar-refractivity contribution in [3.05, 3.63) is 30.3 Å². The SMILES string of the molecule is COc1ccc2nc(N3CCC(N(C)S(=O)(=O)C4CC4)CC3)ccc2c1. The Morgan fingerprint density at radius 1 is 1.12 bits per heavy atom. The van der Waals surface area contributed by atoms with E-state index in [1.165, 1.54) is 0 Å². The second-order valence-corrected chi connectivity index (χ2v) is 9.48. The molecule has 0 atom stereocenters. The van der Waals surface area contributed by atoms with E-state index in [2.05, 4.69) is 11.0 Å². The first kappa shape index (κ1) is 17.5. The molecule has 0 unspecified atom stereocenters. The summed E-state index contributed by atoms with van der Waals surface area (Å²) >= 11 is 0. The molecule has 0 bridgehead atoms. The zero-order valence-corrected chi connectivity index (χ0v) is 16.1. The predicted octanol–water partition coefficient (Wildman–Crippen LogP) is 2.64. The highest BCUT2D eigenvalue weighted by atomic mass is 32.2. The Bertz CT molecular complexity index is 903. The summed E-state index contributed by atoms with van der Waals surface area (Å²) in [6, 6.07) is 10.1.